The van der Waals surface area contributed by atoms with Gasteiger partial charge in [-0.25, -0.2) is 4.79 Å². The van der Waals surface area contributed by atoms with E-state index in [-0.39, 0.29) is 30.3 Å². The molecule has 2 aromatic carbocycles. The molecular weight excluding hydrogens is 418 g/mol. The van der Waals surface area contributed by atoms with E-state index in [0.717, 1.165) is 42.9 Å². The average Bonchev–Trinajstić information content (AvgIpc) is 2.83. The van der Waals surface area contributed by atoms with E-state index < -0.39 is 11.2 Å². The summed E-state index contributed by atoms with van der Waals surface area (Å²) >= 11 is 0. The van der Waals surface area contributed by atoms with E-state index in [1.807, 2.05) is 53.4 Å². The fourth-order valence-electron chi connectivity index (χ4n) is 4.19. The molecule has 8 nitrogen and oxygen atoms in total. The van der Waals surface area contributed by atoms with Crippen LogP contribution in [0.2, 0.25) is 0 Å². The molecular formula is C25H29N5O3. The quantitative estimate of drug-likeness (QED) is 0.547. The minimum Gasteiger partial charge on any atom is -0.384 e. The second-order valence-electron chi connectivity index (χ2n) is 8.44. The van der Waals surface area contributed by atoms with Crippen LogP contribution in [-0.4, -0.2) is 57.4 Å². The number of carbonyl (C=O) groups excluding carboxylic acids is 1. The van der Waals surface area contributed by atoms with Gasteiger partial charge in [-0.15, -0.1) is 0 Å². The number of anilines is 1. The standard InChI is InChI=1S/C25H29N5O3/c1-27-24(32)22(23(26)30(25(27)33)17-20-10-6-3-7-11-20)21(31)18-29-14-12-28(13-15-29)16-19-8-4-2-5-9-19/h2-11H,12-18,26H2,1H3. The minimum absolute atomic E-state index is 0.0698. The van der Waals surface area contributed by atoms with E-state index in [1.165, 1.54) is 17.2 Å². The number of rotatable bonds is 7. The SMILES string of the molecule is Cn1c(=O)c(C(=O)CN2CCN(Cc3ccccc3)CC2)c(N)n(Cc2ccccc2)c1=O. The summed E-state index contributed by atoms with van der Waals surface area (Å²) in [6.45, 7) is 4.29. The Bertz CT molecular complexity index is 1230. The monoisotopic (exact) mass is 447 g/mol. The van der Waals surface area contributed by atoms with Crippen LogP contribution >= 0.6 is 0 Å². The van der Waals surface area contributed by atoms with Gasteiger partial charge < -0.3 is 5.73 Å². The highest BCUT2D eigenvalue weighted by Gasteiger charge is 2.25. The maximum absolute atomic E-state index is 13.1. The second kappa shape index (κ2) is 9.97. The highest BCUT2D eigenvalue weighted by molar-refractivity contribution is 6.01. The van der Waals surface area contributed by atoms with Gasteiger partial charge in [0.05, 0.1) is 13.1 Å². The molecule has 0 aliphatic carbocycles. The average molecular weight is 448 g/mol. The molecule has 1 fully saturated rings. The third-order valence-corrected chi connectivity index (χ3v) is 6.13. The largest absolute Gasteiger partial charge is 0.384 e. The molecule has 4 rings (SSSR count). The van der Waals surface area contributed by atoms with Gasteiger partial charge in [-0.05, 0) is 11.1 Å². The van der Waals surface area contributed by atoms with Crippen molar-refractivity contribution in [3.05, 3.63) is 98.2 Å². The van der Waals surface area contributed by atoms with E-state index in [4.69, 9.17) is 5.73 Å². The first-order valence-corrected chi connectivity index (χ1v) is 11.1. The summed E-state index contributed by atoms with van der Waals surface area (Å²) in [6, 6.07) is 19.6. The second-order valence-corrected chi connectivity index (χ2v) is 8.44. The number of nitrogens with two attached hydrogens (primary N) is 1. The van der Waals surface area contributed by atoms with Gasteiger partial charge in [0.15, 0.2) is 5.78 Å². The lowest BCUT2D eigenvalue weighted by atomic mass is 10.1. The lowest BCUT2D eigenvalue weighted by Gasteiger charge is -2.34. The zero-order valence-corrected chi connectivity index (χ0v) is 18.8. The molecule has 2 heterocycles. The molecule has 172 valence electrons. The molecule has 0 bridgehead atoms. The number of piperazine rings is 1. The summed E-state index contributed by atoms with van der Waals surface area (Å²) in [5, 5.41) is 0. The van der Waals surface area contributed by atoms with Crippen LogP contribution in [0.1, 0.15) is 21.5 Å². The predicted molar refractivity (Wildman–Crippen MR) is 128 cm³/mol. The van der Waals surface area contributed by atoms with E-state index in [9.17, 15) is 14.4 Å². The van der Waals surface area contributed by atoms with Gasteiger partial charge in [-0.2, -0.15) is 0 Å². The van der Waals surface area contributed by atoms with Crippen molar-refractivity contribution in [1.29, 1.82) is 0 Å². The molecule has 1 saturated heterocycles. The van der Waals surface area contributed by atoms with Gasteiger partial charge in [-0.1, -0.05) is 60.7 Å². The summed E-state index contributed by atoms with van der Waals surface area (Å²) in [5.74, 6) is -0.425. The minimum atomic E-state index is -0.644. The summed E-state index contributed by atoms with van der Waals surface area (Å²) < 4.78 is 2.26. The first kappa shape index (κ1) is 22.7. The van der Waals surface area contributed by atoms with Crippen molar-refractivity contribution in [3.8, 4) is 0 Å². The number of hydrogen-bond acceptors (Lipinski definition) is 6. The van der Waals surface area contributed by atoms with Crippen LogP contribution in [0, 0.1) is 0 Å². The van der Waals surface area contributed by atoms with Crippen molar-refractivity contribution in [2.75, 3.05) is 38.5 Å². The summed E-state index contributed by atoms with van der Waals surface area (Å²) in [6.07, 6.45) is 0. The first-order chi connectivity index (χ1) is 15.9. The Labute approximate surface area is 192 Å². The van der Waals surface area contributed by atoms with Crippen molar-refractivity contribution in [1.82, 2.24) is 18.9 Å². The third-order valence-electron chi connectivity index (χ3n) is 6.13. The zero-order valence-electron chi connectivity index (χ0n) is 18.8. The fourth-order valence-corrected chi connectivity index (χ4v) is 4.19. The Morgan fingerprint density at radius 3 is 1.91 bits per heavy atom. The van der Waals surface area contributed by atoms with Crippen molar-refractivity contribution < 1.29 is 4.79 Å². The molecule has 33 heavy (non-hydrogen) atoms. The predicted octanol–water partition coefficient (Wildman–Crippen LogP) is 1.18. The van der Waals surface area contributed by atoms with E-state index in [1.54, 1.807) is 0 Å². The Hall–Kier alpha value is -3.49. The molecule has 0 amide bonds. The fraction of sp³-hybridized carbons (Fsp3) is 0.320. The van der Waals surface area contributed by atoms with E-state index >= 15 is 0 Å². The van der Waals surface area contributed by atoms with Crippen molar-refractivity contribution in [2.24, 2.45) is 7.05 Å². The Balaban J connectivity index is 1.47. The van der Waals surface area contributed by atoms with Gasteiger partial charge in [0.25, 0.3) is 5.56 Å². The van der Waals surface area contributed by atoms with Crippen LogP contribution in [0.4, 0.5) is 5.82 Å². The number of benzene rings is 2. The lowest BCUT2D eigenvalue weighted by Crippen LogP contribution is -2.49. The van der Waals surface area contributed by atoms with Gasteiger partial charge >= 0.3 is 5.69 Å². The number of ketones is 1. The van der Waals surface area contributed by atoms with Crippen molar-refractivity contribution in [2.45, 2.75) is 13.1 Å². The molecule has 1 aliphatic heterocycles. The van der Waals surface area contributed by atoms with Crippen molar-refractivity contribution in [3.63, 3.8) is 0 Å². The number of Topliss-reactive ketones (excluding diaryl/α,β-unsaturated/α-hetero) is 1. The maximum atomic E-state index is 13.1. The number of carbonyl (C=O) groups is 1. The maximum Gasteiger partial charge on any atom is 0.332 e. The molecule has 1 aromatic heterocycles. The summed E-state index contributed by atoms with van der Waals surface area (Å²) in [7, 11) is 1.38. The molecule has 0 spiro atoms. The molecule has 3 aromatic rings. The smallest absolute Gasteiger partial charge is 0.332 e. The number of aromatic nitrogens is 2. The lowest BCUT2D eigenvalue weighted by molar-refractivity contribution is 0.0842. The highest BCUT2D eigenvalue weighted by Crippen LogP contribution is 2.12. The molecule has 0 atom stereocenters. The third kappa shape index (κ3) is 5.13. The molecule has 0 saturated carbocycles. The molecule has 2 N–H and O–H groups in total. The van der Waals surface area contributed by atoms with Crippen LogP contribution in [0.3, 0.4) is 0 Å². The van der Waals surface area contributed by atoms with Crippen LogP contribution in [-0.2, 0) is 20.1 Å². The van der Waals surface area contributed by atoms with Gasteiger partial charge in [0.1, 0.15) is 11.4 Å². The Kier molecular flexibility index (Phi) is 6.86. The Morgan fingerprint density at radius 2 is 1.33 bits per heavy atom. The van der Waals surface area contributed by atoms with Gasteiger partial charge in [-0.3, -0.25) is 28.5 Å². The first-order valence-electron chi connectivity index (χ1n) is 11.1. The van der Waals surface area contributed by atoms with Crippen LogP contribution in [0.15, 0.2) is 70.3 Å². The zero-order chi connectivity index (χ0) is 23.4. The topological polar surface area (TPSA) is 93.6 Å². The van der Waals surface area contributed by atoms with Crippen LogP contribution < -0.4 is 17.0 Å². The molecule has 0 unspecified atom stereocenters. The van der Waals surface area contributed by atoms with Gasteiger partial charge in [0, 0.05) is 39.8 Å². The van der Waals surface area contributed by atoms with E-state index in [0.29, 0.717) is 0 Å². The van der Waals surface area contributed by atoms with Crippen molar-refractivity contribution >= 4 is 11.6 Å². The summed E-state index contributed by atoms with van der Waals surface area (Å²) in [5.41, 5.74) is 7.05. The van der Waals surface area contributed by atoms with Gasteiger partial charge in [0.2, 0.25) is 0 Å². The summed E-state index contributed by atoms with van der Waals surface area (Å²) in [4.78, 5) is 43.0. The molecule has 1 aliphatic rings. The van der Waals surface area contributed by atoms with Crippen LogP contribution in [0.5, 0.6) is 0 Å². The molecule has 0 radical (unpaired) electrons. The Morgan fingerprint density at radius 1 is 0.818 bits per heavy atom. The van der Waals surface area contributed by atoms with Crippen LogP contribution in [0.25, 0.3) is 0 Å². The number of hydrogen-bond donors (Lipinski definition) is 1. The number of nitrogen functional groups attached to an aromatic ring is 1. The highest BCUT2D eigenvalue weighted by atomic mass is 16.2. The van der Waals surface area contributed by atoms with E-state index in [2.05, 4.69) is 17.0 Å². The molecule has 8 heteroatoms. The number of nitrogens with zero attached hydrogens (tertiary/aromatic N) is 4. The normalized spacial score (nSPS) is 14.9.